The van der Waals surface area contributed by atoms with Gasteiger partial charge < -0.3 is 10.8 Å². The summed E-state index contributed by atoms with van der Waals surface area (Å²) in [5.41, 5.74) is 5.81. The molecule has 0 bridgehead atoms. The first kappa shape index (κ1) is 12.2. The molecule has 0 spiro atoms. The van der Waals surface area contributed by atoms with Crippen LogP contribution in [0.1, 0.15) is 20.7 Å². The molecule has 0 fully saturated rings. The predicted molar refractivity (Wildman–Crippen MR) is 63.8 cm³/mol. The Bertz CT molecular complexity index is 418. The number of carboxylic acids is 1. The molecule has 0 amide bonds. The van der Waals surface area contributed by atoms with Crippen LogP contribution in [0.3, 0.4) is 0 Å². The molecule has 3 N–H and O–H groups in total. The second-order valence-electron chi connectivity index (χ2n) is 2.77. The molecule has 0 aliphatic rings. The lowest BCUT2D eigenvalue weighted by atomic mass is 10.1. The molecular weight excluding hydrogens is 330 g/mol. The Morgan fingerprint density at radius 1 is 1.33 bits per heavy atom. The van der Waals surface area contributed by atoms with Crippen LogP contribution in [-0.2, 0) is 0 Å². The number of hydrogen-bond donors (Lipinski definition) is 2. The molecule has 80 valence electrons. The lowest BCUT2D eigenvalue weighted by Gasteiger charge is -2.05. The number of rotatable bonds is 3. The van der Waals surface area contributed by atoms with Gasteiger partial charge in [-0.2, -0.15) is 0 Å². The zero-order chi connectivity index (χ0) is 11.6. The van der Waals surface area contributed by atoms with Crippen LogP contribution in [0.5, 0.6) is 0 Å². The Balaban J connectivity index is 3.19. The number of Topliss-reactive ketones (excluding diaryl/α,β-unsaturated/α-hetero) is 1. The minimum atomic E-state index is -1.15. The van der Waals surface area contributed by atoms with Crippen LogP contribution in [0.4, 0.5) is 5.69 Å². The highest BCUT2D eigenvalue weighted by atomic mass is 79.9. The third-order valence-corrected chi connectivity index (χ3v) is 2.60. The van der Waals surface area contributed by atoms with Crippen LogP contribution >= 0.6 is 31.9 Å². The lowest BCUT2D eigenvalue weighted by molar-refractivity contribution is 0.0698. The second-order valence-corrected chi connectivity index (χ2v) is 5.83. The Labute approximate surface area is 103 Å². The van der Waals surface area contributed by atoms with E-state index in [-0.39, 0.29) is 17.0 Å². The van der Waals surface area contributed by atoms with Gasteiger partial charge in [-0.25, -0.2) is 4.79 Å². The summed E-state index contributed by atoms with van der Waals surface area (Å²) in [6.45, 7) is 0. The first-order chi connectivity index (χ1) is 6.93. The SMILES string of the molecule is Nc1ccc(C(=O)C(Br)Br)cc1C(=O)O. The van der Waals surface area contributed by atoms with E-state index in [0.717, 1.165) is 0 Å². The molecular formula is C9H7Br2NO3. The van der Waals surface area contributed by atoms with Crippen molar-refractivity contribution >= 4 is 49.3 Å². The number of ketones is 1. The Kier molecular flexibility index (Phi) is 3.87. The van der Waals surface area contributed by atoms with Crippen molar-refractivity contribution in [2.24, 2.45) is 0 Å². The van der Waals surface area contributed by atoms with Gasteiger partial charge in [0, 0.05) is 11.3 Å². The fraction of sp³-hybridized carbons (Fsp3) is 0.111. The number of carbonyl (C=O) groups excluding carboxylic acids is 1. The summed E-state index contributed by atoms with van der Waals surface area (Å²) < 4.78 is -0.532. The predicted octanol–water partition coefficient (Wildman–Crippen LogP) is 2.27. The first-order valence-corrected chi connectivity index (χ1v) is 5.72. The van der Waals surface area contributed by atoms with E-state index in [4.69, 9.17) is 10.8 Å². The number of benzene rings is 1. The monoisotopic (exact) mass is 335 g/mol. The average molecular weight is 337 g/mol. The summed E-state index contributed by atoms with van der Waals surface area (Å²) in [6, 6.07) is 4.15. The molecule has 1 rings (SSSR count). The number of carboxylic acid groups (broad SMARTS) is 1. The van der Waals surface area contributed by atoms with Crippen molar-refractivity contribution in [1.29, 1.82) is 0 Å². The van der Waals surface area contributed by atoms with Crippen molar-refractivity contribution in [3.63, 3.8) is 0 Å². The maximum atomic E-state index is 11.5. The highest BCUT2D eigenvalue weighted by Crippen LogP contribution is 2.19. The average Bonchev–Trinajstić information content (AvgIpc) is 2.16. The van der Waals surface area contributed by atoms with E-state index in [1.54, 1.807) is 0 Å². The number of aromatic carboxylic acids is 1. The molecule has 0 radical (unpaired) electrons. The van der Waals surface area contributed by atoms with Gasteiger partial charge in [0.05, 0.1) is 5.56 Å². The van der Waals surface area contributed by atoms with Gasteiger partial charge in [0.1, 0.15) is 3.74 Å². The Morgan fingerprint density at radius 2 is 1.93 bits per heavy atom. The zero-order valence-electron chi connectivity index (χ0n) is 7.41. The van der Waals surface area contributed by atoms with E-state index < -0.39 is 9.71 Å². The highest BCUT2D eigenvalue weighted by molar-refractivity contribution is 9.25. The van der Waals surface area contributed by atoms with Gasteiger partial charge in [0.2, 0.25) is 0 Å². The van der Waals surface area contributed by atoms with Gasteiger partial charge in [0.15, 0.2) is 5.78 Å². The summed E-state index contributed by atoms with van der Waals surface area (Å²) in [4.78, 5) is 22.3. The topological polar surface area (TPSA) is 80.4 Å². The van der Waals surface area contributed by atoms with E-state index in [1.165, 1.54) is 18.2 Å². The van der Waals surface area contributed by atoms with Crippen LogP contribution in [-0.4, -0.2) is 20.6 Å². The van der Waals surface area contributed by atoms with Crippen molar-refractivity contribution in [3.05, 3.63) is 29.3 Å². The smallest absolute Gasteiger partial charge is 0.337 e. The molecule has 0 aromatic heterocycles. The molecule has 0 atom stereocenters. The van der Waals surface area contributed by atoms with Crippen LogP contribution in [0.2, 0.25) is 0 Å². The lowest BCUT2D eigenvalue weighted by Crippen LogP contribution is -2.10. The molecule has 1 aromatic carbocycles. The number of carbonyl (C=O) groups is 2. The molecule has 0 aliphatic carbocycles. The van der Waals surface area contributed by atoms with E-state index in [0.29, 0.717) is 5.56 Å². The maximum absolute atomic E-state index is 11.5. The standard InChI is InChI=1S/C9H7Br2NO3/c10-8(11)7(13)4-1-2-6(12)5(3-4)9(14)15/h1-3,8H,12H2,(H,14,15). The quantitative estimate of drug-likeness (QED) is 0.504. The molecule has 0 heterocycles. The molecule has 0 aliphatic heterocycles. The number of alkyl halides is 2. The van der Waals surface area contributed by atoms with E-state index in [1.807, 2.05) is 0 Å². The van der Waals surface area contributed by atoms with Crippen LogP contribution in [0.15, 0.2) is 18.2 Å². The summed E-state index contributed by atoms with van der Waals surface area (Å²) >= 11 is 6.09. The largest absolute Gasteiger partial charge is 0.478 e. The van der Waals surface area contributed by atoms with Gasteiger partial charge >= 0.3 is 5.97 Å². The van der Waals surface area contributed by atoms with Crippen LogP contribution in [0, 0.1) is 0 Å². The van der Waals surface area contributed by atoms with Gasteiger partial charge in [0.25, 0.3) is 0 Å². The minimum absolute atomic E-state index is 0.0681. The fourth-order valence-electron chi connectivity index (χ4n) is 1.02. The Hall–Kier alpha value is -0.880. The minimum Gasteiger partial charge on any atom is -0.478 e. The molecule has 1 aromatic rings. The molecule has 0 saturated carbocycles. The normalized spacial score (nSPS) is 10.3. The summed E-state index contributed by atoms with van der Waals surface area (Å²) in [6.07, 6.45) is 0. The second kappa shape index (κ2) is 4.76. The van der Waals surface area contributed by atoms with Gasteiger partial charge in [-0.3, -0.25) is 4.79 Å². The van der Waals surface area contributed by atoms with Gasteiger partial charge in [-0.05, 0) is 18.2 Å². The molecule has 15 heavy (non-hydrogen) atoms. The van der Waals surface area contributed by atoms with Crippen LogP contribution < -0.4 is 5.73 Å². The van der Waals surface area contributed by atoms with Crippen molar-refractivity contribution < 1.29 is 14.7 Å². The van der Waals surface area contributed by atoms with Gasteiger partial charge in [-0.1, -0.05) is 31.9 Å². The summed E-state index contributed by atoms with van der Waals surface area (Å²) in [5.74, 6) is -1.40. The summed E-state index contributed by atoms with van der Waals surface area (Å²) in [7, 11) is 0. The number of nitrogens with two attached hydrogens (primary N) is 1. The zero-order valence-corrected chi connectivity index (χ0v) is 10.6. The fourth-order valence-corrected chi connectivity index (χ4v) is 1.55. The summed E-state index contributed by atoms with van der Waals surface area (Å²) in [5, 5.41) is 8.80. The maximum Gasteiger partial charge on any atom is 0.337 e. The van der Waals surface area contributed by atoms with E-state index in [2.05, 4.69) is 31.9 Å². The number of anilines is 1. The number of nitrogen functional groups attached to an aromatic ring is 1. The van der Waals surface area contributed by atoms with Gasteiger partial charge in [-0.15, -0.1) is 0 Å². The number of hydrogen-bond acceptors (Lipinski definition) is 3. The third-order valence-electron chi connectivity index (χ3n) is 1.77. The first-order valence-electron chi connectivity index (χ1n) is 3.88. The molecule has 6 heteroatoms. The molecule has 4 nitrogen and oxygen atoms in total. The van der Waals surface area contributed by atoms with Crippen molar-refractivity contribution in [3.8, 4) is 0 Å². The van der Waals surface area contributed by atoms with Crippen molar-refractivity contribution in [1.82, 2.24) is 0 Å². The van der Waals surface area contributed by atoms with E-state index in [9.17, 15) is 9.59 Å². The highest BCUT2D eigenvalue weighted by Gasteiger charge is 2.16. The Morgan fingerprint density at radius 3 is 2.40 bits per heavy atom. The van der Waals surface area contributed by atoms with Crippen molar-refractivity contribution in [2.45, 2.75) is 3.74 Å². The van der Waals surface area contributed by atoms with Crippen LogP contribution in [0.25, 0.3) is 0 Å². The third kappa shape index (κ3) is 2.79. The molecule has 0 unspecified atom stereocenters. The molecule has 0 saturated heterocycles. The number of halogens is 2. The van der Waals surface area contributed by atoms with E-state index >= 15 is 0 Å². The van der Waals surface area contributed by atoms with Crippen molar-refractivity contribution in [2.75, 3.05) is 5.73 Å².